The molecule has 0 unspecified atom stereocenters. The average Bonchev–Trinajstić information content (AvgIpc) is 2.29. The van der Waals surface area contributed by atoms with Gasteiger partial charge in [-0.15, -0.1) is 12.4 Å². The molecule has 0 aliphatic carbocycles. The van der Waals surface area contributed by atoms with E-state index in [-0.39, 0.29) is 29.8 Å². The van der Waals surface area contributed by atoms with Gasteiger partial charge in [0.2, 0.25) is 5.91 Å². The maximum Gasteiger partial charge on any atom is 0.239 e. The maximum atomic E-state index is 11.0. The van der Waals surface area contributed by atoms with Crippen molar-refractivity contribution in [1.82, 2.24) is 5.43 Å². The molecule has 4 nitrogen and oxygen atoms in total. The number of halogens is 1. The van der Waals surface area contributed by atoms with E-state index in [0.717, 1.165) is 6.42 Å². The summed E-state index contributed by atoms with van der Waals surface area (Å²) in [6.07, 6.45) is 0.746. The van der Waals surface area contributed by atoms with E-state index in [1.807, 2.05) is 13.8 Å². The van der Waals surface area contributed by atoms with Crippen molar-refractivity contribution in [1.29, 1.82) is 0 Å². The van der Waals surface area contributed by atoms with Gasteiger partial charge in [-0.3, -0.25) is 10.2 Å². The van der Waals surface area contributed by atoms with Crippen LogP contribution < -0.4 is 11.3 Å². The summed E-state index contributed by atoms with van der Waals surface area (Å²) < 4.78 is 5.36. The number of nitrogens with one attached hydrogen (secondary N) is 1. The number of carbonyl (C=O) groups excluding carboxylic acids is 1. The molecule has 12 heavy (non-hydrogen) atoms. The van der Waals surface area contributed by atoms with Gasteiger partial charge < -0.3 is 4.74 Å². The number of ether oxygens (including phenoxy) is 1. The lowest BCUT2D eigenvalue weighted by Crippen LogP contribution is -2.36. The van der Waals surface area contributed by atoms with Crippen LogP contribution in [0.5, 0.6) is 0 Å². The minimum atomic E-state index is -0.169. The first-order chi connectivity index (χ1) is 5.05. The Balaban J connectivity index is 0.00000121. The van der Waals surface area contributed by atoms with Crippen molar-refractivity contribution in [2.24, 2.45) is 11.8 Å². The maximum absolute atomic E-state index is 11.0. The van der Waals surface area contributed by atoms with Gasteiger partial charge in [0, 0.05) is 0 Å². The molecule has 1 rings (SSSR count). The molecule has 0 radical (unpaired) electrons. The molecule has 5 heteroatoms. The van der Waals surface area contributed by atoms with Crippen LogP contribution >= 0.6 is 12.4 Å². The molecular formula is C7H15ClN2O2. The van der Waals surface area contributed by atoms with Gasteiger partial charge in [-0.25, -0.2) is 5.84 Å². The van der Waals surface area contributed by atoms with Crippen molar-refractivity contribution in [3.8, 4) is 0 Å². The van der Waals surface area contributed by atoms with Gasteiger partial charge in [-0.1, -0.05) is 0 Å². The van der Waals surface area contributed by atoms with Crippen molar-refractivity contribution < 1.29 is 9.53 Å². The predicted molar refractivity (Wildman–Crippen MR) is 47.7 cm³/mol. The van der Waals surface area contributed by atoms with Crippen molar-refractivity contribution >= 4 is 18.3 Å². The van der Waals surface area contributed by atoms with Crippen molar-refractivity contribution in [2.75, 3.05) is 6.61 Å². The minimum absolute atomic E-state index is 0. The summed E-state index contributed by atoms with van der Waals surface area (Å²) in [5.41, 5.74) is 1.96. The zero-order valence-electron chi connectivity index (χ0n) is 7.29. The van der Waals surface area contributed by atoms with E-state index in [1.165, 1.54) is 0 Å². The van der Waals surface area contributed by atoms with Crippen LogP contribution in [-0.4, -0.2) is 18.1 Å². The molecule has 1 aliphatic heterocycles. The highest BCUT2D eigenvalue weighted by Gasteiger charge is 2.35. The lowest BCUT2D eigenvalue weighted by Gasteiger charge is -2.15. The SMILES string of the molecule is CC1(C)C[C@H](C(=O)NN)CO1.Cl. The van der Waals surface area contributed by atoms with Gasteiger partial charge in [0.1, 0.15) is 0 Å². The number of carbonyl (C=O) groups is 1. The first kappa shape index (κ1) is 11.7. The van der Waals surface area contributed by atoms with Crippen molar-refractivity contribution in [3.63, 3.8) is 0 Å². The molecule has 0 aromatic heterocycles. The molecule has 1 saturated heterocycles. The second-order valence-corrected chi connectivity index (χ2v) is 3.48. The quantitative estimate of drug-likeness (QED) is 0.357. The summed E-state index contributed by atoms with van der Waals surface area (Å²) >= 11 is 0. The predicted octanol–water partition coefficient (Wildman–Crippen LogP) is 0.213. The highest BCUT2D eigenvalue weighted by molar-refractivity contribution is 5.85. The van der Waals surface area contributed by atoms with E-state index in [2.05, 4.69) is 5.43 Å². The molecule has 0 aromatic carbocycles. The second kappa shape index (κ2) is 4.07. The largest absolute Gasteiger partial charge is 0.375 e. The Kier molecular flexibility index (Phi) is 3.96. The molecule has 1 atom stereocenters. The average molecular weight is 195 g/mol. The first-order valence-electron chi connectivity index (χ1n) is 3.69. The van der Waals surface area contributed by atoms with Crippen LogP contribution in [0.25, 0.3) is 0 Å². The van der Waals surface area contributed by atoms with Crippen LogP contribution in [0.2, 0.25) is 0 Å². The van der Waals surface area contributed by atoms with Crippen LogP contribution in [0.15, 0.2) is 0 Å². The zero-order valence-corrected chi connectivity index (χ0v) is 8.11. The molecule has 1 fully saturated rings. The summed E-state index contributed by atoms with van der Waals surface area (Å²) in [6, 6.07) is 0. The van der Waals surface area contributed by atoms with E-state index in [4.69, 9.17) is 10.6 Å². The number of rotatable bonds is 1. The number of nitrogens with two attached hydrogens (primary N) is 1. The fraction of sp³-hybridized carbons (Fsp3) is 0.857. The Labute approximate surface area is 78.2 Å². The van der Waals surface area contributed by atoms with E-state index < -0.39 is 0 Å². The van der Waals surface area contributed by atoms with Gasteiger partial charge in [0.05, 0.1) is 18.1 Å². The number of hydrazine groups is 1. The lowest BCUT2D eigenvalue weighted by molar-refractivity contribution is -0.125. The van der Waals surface area contributed by atoms with Gasteiger partial charge in [-0.2, -0.15) is 0 Å². The van der Waals surface area contributed by atoms with Gasteiger partial charge in [-0.05, 0) is 20.3 Å². The Morgan fingerprint density at radius 1 is 1.67 bits per heavy atom. The summed E-state index contributed by atoms with van der Waals surface area (Å²) in [5.74, 6) is 4.78. The summed E-state index contributed by atoms with van der Waals surface area (Å²) in [7, 11) is 0. The highest BCUT2D eigenvalue weighted by atomic mass is 35.5. The normalized spacial score (nSPS) is 26.1. The van der Waals surface area contributed by atoms with Gasteiger partial charge in [0.25, 0.3) is 0 Å². The second-order valence-electron chi connectivity index (χ2n) is 3.48. The Morgan fingerprint density at radius 2 is 2.25 bits per heavy atom. The molecule has 0 spiro atoms. The lowest BCUT2D eigenvalue weighted by atomic mass is 9.97. The fourth-order valence-electron chi connectivity index (χ4n) is 1.32. The molecule has 0 saturated carbocycles. The third-order valence-electron chi connectivity index (χ3n) is 1.93. The summed E-state index contributed by atoms with van der Waals surface area (Å²) in [5, 5.41) is 0. The number of amides is 1. The summed E-state index contributed by atoms with van der Waals surface area (Å²) in [6.45, 7) is 4.42. The first-order valence-corrected chi connectivity index (χ1v) is 3.69. The molecule has 1 heterocycles. The molecular weight excluding hydrogens is 180 g/mol. The van der Waals surface area contributed by atoms with E-state index >= 15 is 0 Å². The van der Waals surface area contributed by atoms with Crippen LogP contribution in [0.1, 0.15) is 20.3 Å². The van der Waals surface area contributed by atoms with Crippen molar-refractivity contribution in [3.05, 3.63) is 0 Å². The van der Waals surface area contributed by atoms with Crippen LogP contribution in [0, 0.1) is 5.92 Å². The zero-order chi connectivity index (χ0) is 8.48. The van der Waals surface area contributed by atoms with Crippen LogP contribution in [-0.2, 0) is 9.53 Å². The number of hydrogen-bond acceptors (Lipinski definition) is 3. The Hall–Kier alpha value is -0.320. The Morgan fingerprint density at radius 3 is 2.58 bits per heavy atom. The third kappa shape index (κ3) is 2.62. The fourth-order valence-corrected chi connectivity index (χ4v) is 1.32. The smallest absolute Gasteiger partial charge is 0.239 e. The molecule has 1 aliphatic rings. The molecule has 0 bridgehead atoms. The molecule has 72 valence electrons. The van der Waals surface area contributed by atoms with E-state index in [1.54, 1.807) is 0 Å². The molecule has 0 aromatic rings. The number of hydrogen-bond donors (Lipinski definition) is 2. The molecule has 3 N–H and O–H groups in total. The summed E-state index contributed by atoms with van der Waals surface area (Å²) in [4.78, 5) is 11.0. The van der Waals surface area contributed by atoms with Gasteiger partial charge in [0.15, 0.2) is 0 Å². The minimum Gasteiger partial charge on any atom is -0.375 e. The monoisotopic (exact) mass is 194 g/mol. The van der Waals surface area contributed by atoms with E-state index in [0.29, 0.717) is 6.61 Å². The topological polar surface area (TPSA) is 64.4 Å². The third-order valence-corrected chi connectivity index (χ3v) is 1.93. The van der Waals surface area contributed by atoms with E-state index in [9.17, 15) is 4.79 Å². The highest BCUT2D eigenvalue weighted by Crippen LogP contribution is 2.28. The molecule has 1 amide bonds. The van der Waals surface area contributed by atoms with Crippen molar-refractivity contribution in [2.45, 2.75) is 25.9 Å². The standard InChI is InChI=1S/C7H14N2O2.ClH/c1-7(2)3-5(4-11-7)6(10)9-8;/h5H,3-4,8H2,1-2H3,(H,9,10);1H/t5-;/m0./s1. The van der Waals surface area contributed by atoms with Crippen LogP contribution in [0.4, 0.5) is 0 Å². The van der Waals surface area contributed by atoms with Crippen LogP contribution in [0.3, 0.4) is 0 Å². The Bertz CT molecular complexity index is 173. The van der Waals surface area contributed by atoms with Gasteiger partial charge >= 0.3 is 0 Å².